The number of aromatic nitrogens is 2. The average molecular weight is 331 g/mol. The van der Waals surface area contributed by atoms with Crippen molar-refractivity contribution in [3.63, 3.8) is 0 Å². The molecule has 0 saturated heterocycles. The van der Waals surface area contributed by atoms with E-state index in [0.717, 1.165) is 0 Å². The summed E-state index contributed by atoms with van der Waals surface area (Å²) < 4.78 is 0. The number of nitrogen functional groups attached to an aromatic ring is 2. The first-order valence-electron chi connectivity index (χ1n) is 7.35. The van der Waals surface area contributed by atoms with Crippen molar-refractivity contribution in [1.29, 1.82) is 0 Å². The molecule has 0 spiro atoms. The Morgan fingerprint density at radius 2 is 1.78 bits per heavy atom. The summed E-state index contributed by atoms with van der Waals surface area (Å²) in [6, 6.07) is 11.6. The average Bonchev–Trinajstić information content (AvgIpc) is 2.52. The molecular formula is C16H21N5OS. The standard InChI is InChI=1S/C16H21N5OS/c1-10(12-6-4-3-5-7-12)9-19-15(22)11(2)23-16-20-13(17)8-14(18)21-16/h3-8,10-11H,9H2,1-2H3,(H,19,22)(H4,17,18,20,21)/t10-,11-/m0/s1. The summed E-state index contributed by atoms with van der Waals surface area (Å²) in [5.74, 6) is 0.773. The fourth-order valence-electron chi connectivity index (χ4n) is 2.02. The topological polar surface area (TPSA) is 107 Å². The van der Waals surface area contributed by atoms with E-state index in [9.17, 15) is 4.79 Å². The number of rotatable bonds is 6. The number of hydrogen-bond donors (Lipinski definition) is 3. The van der Waals surface area contributed by atoms with Gasteiger partial charge >= 0.3 is 0 Å². The van der Waals surface area contributed by atoms with Crippen molar-refractivity contribution in [2.75, 3.05) is 18.0 Å². The Morgan fingerprint density at radius 1 is 1.17 bits per heavy atom. The third kappa shape index (κ3) is 5.14. The summed E-state index contributed by atoms with van der Waals surface area (Å²) in [6.07, 6.45) is 0. The molecule has 0 fully saturated rings. The van der Waals surface area contributed by atoms with E-state index in [1.165, 1.54) is 23.4 Å². The van der Waals surface area contributed by atoms with Gasteiger partial charge in [-0.3, -0.25) is 4.79 Å². The molecule has 0 unspecified atom stereocenters. The van der Waals surface area contributed by atoms with Gasteiger partial charge in [0, 0.05) is 12.6 Å². The van der Waals surface area contributed by atoms with Crippen molar-refractivity contribution in [3.05, 3.63) is 42.0 Å². The number of carbonyl (C=O) groups is 1. The van der Waals surface area contributed by atoms with Crippen LogP contribution in [-0.2, 0) is 4.79 Å². The lowest BCUT2D eigenvalue weighted by molar-refractivity contribution is -0.120. The van der Waals surface area contributed by atoms with Crippen LogP contribution in [-0.4, -0.2) is 27.7 Å². The van der Waals surface area contributed by atoms with Gasteiger partial charge in [-0.25, -0.2) is 9.97 Å². The molecule has 1 aromatic heterocycles. The van der Waals surface area contributed by atoms with Crippen LogP contribution in [0.1, 0.15) is 25.3 Å². The van der Waals surface area contributed by atoms with Crippen LogP contribution in [0.15, 0.2) is 41.6 Å². The van der Waals surface area contributed by atoms with E-state index in [0.29, 0.717) is 23.3 Å². The van der Waals surface area contributed by atoms with Crippen LogP contribution in [0.2, 0.25) is 0 Å². The second kappa shape index (κ2) is 7.82. The summed E-state index contributed by atoms with van der Waals surface area (Å²) in [7, 11) is 0. The summed E-state index contributed by atoms with van der Waals surface area (Å²) in [6.45, 7) is 4.46. The van der Waals surface area contributed by atoms with Gasteiger partial charge in [-0.15, -0.1) is 0 Å². The highest BCUT2D eigenvalue weighted by molar-refractivity contribution is 8.00. The van der Waals surface area contributed by atoms with Crippen LogP contribution in [0.3, 0.4) is 0 Å². The minimum atomic E-state index is -0.334. The Kier molecular flexibility index (Phi) is 5.81. The van der Waals surface area contributed by atoms with Crippen LogP contribution in [0.5, 0.6) is 0 Å². The van der Waals surface area contributed by atoms with Crippen molar-refractivity contribution < 1.29 is 4.79 Å². The molecule has 0 aliphatic rings. The van der Waals surface area contributed by atoms with Crippen LogP contribution < -0.4 is 16.8 Å². The molecule has 0 bridgehead atoms. The van der Waals surface area contributed by atoms with Gasteiger partial charge in [0.15, 0.2) is 5.16 Å². The third-order valence-corrected chi connectivity index (χ3v) is 4.31. The first kappa shape index (κ1) is 17.1. The molecule has 2 rings (SSSR count). The van der Waals surface area contributed by atoms with Gasteiger partial charge in [0.2, 0.25) is 5.91 Å². The van der Waals surface area contributed by atoms with Gasteiger partial charge in [0.1, 0.15) is 11.6 Å². The molecule has 6 nitrogen and oxygen atoms in total. The van der Waals surface area contributed by atoms with Crippen LogP contribution in [0.25, 0.3) is 0 Å². The number of nitrogens with zero attached hydrogens (tertiary/aromatic N) is 2. The molecule has 1 aromatic carbocycles. The molecule has 2 aromatic rings. The van der Waals surface area contributed by atoms with E-state index in [2.05, 4.69) is 34.3 Å². The van der Waals surface area contributed by atoms with E-state index in [4.69, 9.17) is 11.5 Å². The van der Waals surface area contributed by atoms with E-state index in [-0.39, 0.29) is 17.1 Å². The van der Waals surface area contributed by atoms with Gasteiger partial charge in [0.05, 0.1) is 5.25 Å². The largest absolute Gasteiger partial charge is 0.383 e. The molecule has 0 aliphatic heterocycles. The Balaban J connectivity index is 1.87. The Morgan fingerprint density at radius 3 is 2.39 bits per heavy atom. The Labute approximate surface area is 140 Å². The molecule has 5 N–H and O–H groups in total. The lowest BCUT2D eigenvalue weighted by Crippen LogP contribution is -2.33. The number of hydrogen-bond acceptors (Lipinski definition) is 6. The molecule has 2 atom stereocenters. The Bertz CT molecular complexity index is 645. The highest BCUT2D eigenvalue weighted by atomic mass is 32.2. The van der Waals surface area contributed by atoms with E-state index in [1.54, 1.807) is 6.92 Å². The first-order valence-corrected chi connectivity index (χ1v) is 8.23. The second-order valence-corrected chi connectivity index (χ2v) is 6.63. The van der Waals surface area contributed by atoms with Crippen LogP contribution in [0, 0.1) is 0 Å². The predicted molar refractivity (Wildman–Crippen MR) is 94.0 cm³/mol. The fraction of sp³-hybridized carbons (Fsp3) is 0.312. The summed E-state index contributed by atoms with van der Waals surface area (Å²) >= 11 is 1.23. The van der Waals surface area contributed by atoms with Crippen molar-refractivity contribution in [3.8, 4) is 0 Å². The van der Waals surface area contributed by atoms with E-state index in [1.807, 2.05) is 18.2 Å². The molecule has 7 heteroatoms. The zero-order valence-corrected chi connectivity index (χ0v) is 14.0. The first-order chi connectivity index (χ1) is 11.0. The number of amides is 1. The van der Waals surface area contributed by atoms with Crippen molar-refractivity contribution >= 4 is 29.3 Å². The highest BCUT2D eigenvalue weighted by Gasteiger charge is 2.17. The number of nitrogens with one attached hydrogen (secondary N) is 1. The molecular weight excluding hydrogens is 310 g/mol. The summed E-state index contributed by atoms with van der Waals surface area (Å²) in [4.78, 5) is 20.3. The molecule has 0 aliphatic carbocycles. The van der Waals surface area contributed by atoms with Gasteiger partial charge < -0.3 is 16.8 Å². The smallest absolute Gasteiger partial charge is 0.233 e. The number of carbonyl (C=O) groups excluding carboxylic acids is 1. The number of nitrogens with two attached hydrogens (primary N) is 2. The normalized spacial score (nSPS) is 13.3. The minimum absolute atomic E-state index is 0.0672. The van der Waals surface area contributed by atoms with Crippen LogP contribution in [0.4, 0.5) is 11.6 Å². The summed E-state index contributed by atoms with van der Waals surface area (Å²) in [5.41, 5.74) is 12.5. The molecule has 1 amide bonds. The number of anilines is 2. The second-order valence-electron chi connectivity index (χ2n) is 5.32. The maximum absolute atomic E-state index is 12.2. The fourth-order valence-corrected chi connectivity index (χ4v) is 2.85. The molecule has 0 radical (unpaired) electrons. The third-order valence-electron chi connectivity index (χ3n) is 3.35. The molecule has 0 saturated carbocycles. The quantitative estimate of drug-likeness (QED) is 0.552. The zero-order chi connectivity index (χ0) is 16.8. The van der Waals surface area contributed by atoms with Crippen molar-refractivity contribution in [2.24, 2.45) is 0 Å². The van der Waals surface area contributed by atoms with Gasteiger partial charge in [-0.2, -0.15) is 0 Å². The van der Waals surface area contributed by atoms with Crippen molar-refractivity contribution in [1.82, 2.24) is 15.3 Å². The zero-order valence-electron chi connectivity index (χ0n) is 13.2. The molecule has 23 heavy (non-hydrogen) atoms. The van der Waals surface area contributed by atoms with E-state index >= 15 is 0 Å². The van der Waals surface area contributed by atoms with Crippen molar-refractivity contribution in [2.45, 2.75) is 30.2 Å². The van der Waals surface area contributed by atoms with Gasteiger partial charge in [-0.05, 0) is 18.4 Å². The maximum Gasteiger partial charge on any atom is 0.233 e. The molecule has 122 valence electrons. The number of benzene rings is 1. The summed E-state index contributed by atoms with van der Waals surface area (Å²) in [5, 5.41) is 3.02. The SMILES string of the molecule is C[C@H](Sc1nc(N)cc(N)n1)C(=O)NC[C@H](C)c1ccccc1. The Hall–Kier alpha value is -2.28. The maximum atomic E-state index is 12.2. The van der Waals surface area contributed by atoms with Crippen LogP contribution >= 0.6 is 11.8 Å². The minimum Gasteiger partial charge on any atom is -0.383 e. The number of thioether (sulfide) groups is 1. The molecule has 1 heterocycles. The lowest BCUT2D eigenvalue weighted by atomic mass is 10.0. The predicted octanol–water partition coefficient (Wildman–Crippen LogP) is 2.04. The monoisotopic (exact) mass is 331 g/mol. The lowest BCUT2D eigenvalue weighted by Gasteiger charge is -2.15. The highest BCUT2D eigenvalue weighted by Crippen LogP contribution is 2.22. The van der Waals surface area contributed by atoms with Gasteiger partial charge in [0.25, 0.3) is 0 Å². The van der Waals surface area contributed by atoms with E-state index < -0.39 is 0 Å². The van der Waals surface area contributed by atoms with Gasteiger partial charge in [-0.1, -0.05) is 49.0 Å².